The summed E-state index contributed by atoms with van der Waals surface area (Å²) in [5.74, 6) is 4.25. The molecule has 2 aliphatic rings. The van der Waals surface area contributed by atoms with E-state index in [1.165, 1.54) is 25.7 Å². The van der Waals surface area contributed by atoms with Gasteiger partial charge in [-0.25, -0.2) is 15.0 Å². The van der Waals surface area contributed by atoms with Crippen molar-refractivity contribution >= 4 is 16.9 Å². The predicted octanol–water partition coefficient (Wildman–Crippen LogP) is 3.45. The van der Waals surface area contributed by atoms with Crippen molar-refractivity contribution in [2.45, 2.75) is 38.6 Å². The summed E-state index contributed by atoms with van der Waals surface area (Å²) in [4.78, 5) is 13.3. The lowest BCUT2D eigenvalue weighted by Crippen LogP contribution is -2.30. The topological polar surface area (TPSA) is 68.5 Å². The molecular formula is C19H22N6. The molecule has 0 amide bonds. The number of fused-ring (bicyclic) bond motifs is 3. The minimum absolute atomic E-state index is 0.423. The van der Waals surface area contributed by atoms with Crippen LogP contribution < -0.4 is 5.32 Å². The fourth-order valence-corrected chi connectivity index (χ4v) is 4.83. The first-order chi connectivity index (χ1) is 12.3. The van der Waals surface area contributed by atoms with Gasteiger partial charge in [0.1, 0.15) is 12.1 Å². The van der Waals surface area contributed by atoms with Crippen molar-refractivity contribution in [3.05, 3.63) is 36.9 Å². The lowest BCUT2D eigenvalue weighted by atomic mass is 9.84. The summed E-state index contributed by atoms with van der Waals surface area (Å²) in [6, 6.07) is 6.20. The molecule has 3 heterocycles. The third kappa shape index (κ3) is 2.47. The van der Waals surface area contributed by atoms with E-state index in [2.05, 4.69) is 32.3 Å². The quantitative estimate of drug-likeness (QED) is 0.791. The van der Waals surface area contributed by atoms with Crippen LogP contribution in [0.2, 0.25) is 0 Å². The van der Waals surface area contributed by atoms with Crippen molar-refractivity contribution in [3.8, 4) is 5.82 Å². The lowest BCUT2D eigenvalue weighted by Gasteiger charge is -2.29. The molecule has 3 aromatic rings. The molecule has 2 bridgehead atoms. The second kappa shape index (κ2) is 5.79. The van der Waals surface area contributed by atoms with E-state index in [9.17, 15) is 0 Å². The highest BCUT2D eigenvalue weighted by atomic mass is 15.3. The van der Waals surface area contributed by atoms with Gasteiger partial charge in [0.05, 0.1) is 11.6 Å². The monoisotopic (exact) mass is 334 g/mol. The molecule has 0 unspecified atom stereocenters. The number of pyridine rings is 1. The van der Waals surface area contributed by atoms with Crippen molar-refractivity contribution in [1.82, 2.24) is 24.7 Å². The molecule has 0 aromatic carbocycles. The molecular weight excluding hydrogens is 312 g/mol. The first-order valence-electron chi connectivity index (χ1n) is 9.16. The van der Waals surface area contributed by atoms with Gasteiger partial charge in [-0.2, -0.15) is 9.78 Å². The zero-order chi connectivity index (χ0) is 16.8. The molecule has 0 spiro atoms. The van der Waals surface area contributed by atoms with Gasteiger partial charge >= 0.3 is 0 Å². The number of hydrogen-bond acceptors (Lipinski definition) is 5. The SMILES string of the molecule is C[C@H](Nc1ncnc2c1cnn2-c1ccccn1)[C@H]1C[C@H]2CC[C@H]1C2. The van der Waals surface area contributed by atoms with Crippen LogP contribution in [0.4, 0.5) is 5.82 Å². The molecule has 3 aromatic heterocycles. The number of hydrogen-bond donors (Lipinski definition) is 1. The fourth-order valence-electron chi connectivity index (χ4n) is 4.83. The Kier molecular flexibility index (Phi) is 3.43. The molecule has 1 N–H and O–H groups in total. The molecule has 2 aliphatic carbocycles. The normalized spacial score (nSPS) is 26.2. The Morgan fingerprint density at radius 1 is 1.16 bits per heavy atom. The second-order valence-electron chi connectivity index (χ2n) is 7.48. The van der Waals surface area contributed by atoms with Gasteiger partial charge in [0.25, 0.3) is 0 Å². The Bertz CT molecular complexity index is 889. The van der Waals surface area contributed by atoms with E-state index < -0.39 is 0 Å². The smallest absolute Gasteiger partial charge is 0.170 e. The zero-order valence-corrected chi connectivity index (χ0v) is 14.3. The molecule has 5 rings (SSSR count). The number of nitrogens with zero attached hydrogens (tertiary/aromatic N) is 5. The Balaban J connectivity index is 1.45. The first kappa shape index (κ1) is 14.8. The van der Waals surface area contributed by atoms with E-state index in [-0.39, 0.29) is 0 Å². The van der Waals surface area contributed by atoms with Gasteiger partial charge in [-0.05, 0) is 56.1 Å². The zero-order valence-electron chi connectivity index (χ0n) is 14.3. The third-order valence-corrected chi connectivity index (χ3v) is 6.03. The van der Waals surface area contributed by atoms with Crippen LogP contribution in [0.25, 0.3) is 16.9 Å². The molecule has 2 saturated carbocycles. The maximum atomic E-state index is 4.49. The van der Waals surface area contributed by atoms with Crippen LogP contribution in [-0.2, 0) is 0 Å². The van der Waals surface area contributed by atoms with E-state index in [1.807, 2.05) is 24.4 Å². The van der Waals surface area contributed by atoms with Crippen molar-refractivity contribution in [2.75, 3.05) is 5.32 Å². The molecule has 25 heavy (non-hydrogen) atoms. The Morgan fingerprint density at radius 2 is 2.12 bits per heavy atom. The predicted molar refractivity (Wildman–Crippen MR) is 96.5 cm³/mol. The van der Waals surface area contributed by atoms with E-state index in [1.54, 1.807) is 17.2 Å². The van der Waals surface area contributed by atoms with Crippen LogP contribution in [0.3, 0.4) is 0 Å². The van der Waals surface area contributed by atoms with Crippen LogP contribution in [0, 0.1) is 17.8 Å². The van der Waals surface area contributed by atoms with E-state index in [4.69, 9.17) is 0 Å². The summed E-state index contributed by atoms with van der Waals surface area (Å²) in [5, 5.41) is 9.08. The van der Waals surface area contributed by atoms with E-state index in [0.29, 0.717) is 6.04 Å². The van der Waals surface area contributed by atoms with Crippen LogP contribution in [0.5, 0.6) is 0 Å². The molecule has 0 saturated heterocycles. The van der Waals surface area contributed by atoms with E-state index in [0.717, 1.165) is 40.4 Å². The van der Waals surface area contributed by atoms with Crippen LogP contribution >= 0.6 is 0 Å². The van der Waals surface area contributed by atoms with Crippen molar-refractivity contribution < 1.29 is 0 Å². The van der Waals surface area contributed by atoms with Gasteiger partial charge in [-0.15, -0.1) is 0 Å². The van der Waals surface area contributed by atoms with Crippen LogP contribution in [0.15, 0.2) is 36.9 Å². The summed E-state index contributed by atoms with van der Waals surface area (Å²) in [7, 11) is 0. The Hall–Kier alpha value is -2.50. The maximum absolute atomic E-state index is 4.49. The minimum atomic E-state index is 0.423. The number of rotatable bonds is 4. The molecule has 2 fully saturated rings. The fraction of sp³-hybridized carbons (Fsp3) is 0.474. The summed E-state index contributed by atoms with van der Waals surface area (Å²) < 4.78 is 1.77. The van der Waals surface area contributed by atoms with Gasteiger partial charge in [0, 0.05) is 12.2 Å². The van der Waals surface area contributed by atoms with Crippen LogP contribution in [0.1, 0.15) is 32.6 Å². The van der Waals surface area contributed by atoms with Crippen molar-refractivity contribution in [1.29, 1.82) is 0 Å². The third-order valence-electron chi connectivity index (χ3n) is 6.03. The first-order valence-corrected chi connectivity index (χ1v) is 9.16. The van der Waals surface area contributed by atoms with Crippen molar-refractivity contribution in [3.63, 3.8) is 0 Å². The van der Waals surface area contributed by atoms with Gasteiger partial charge in [-0.3, -0.25) is 0 Å². The number of anilines is 1. The molecule has 128 valence electrons. The minimum Gasteiger partial charge on any atom is -0.367 e. The lowest BCUT2D eigenvalue weighted by molar-refractivity contribution is 0.304. The van der Waals surface area contributed by atoms with Gasteiger partial charge in [0.15, 0.2) is 11.5 Å². The highest BCUT2D eigenvalue weighted by molar-refractivity contribution is 5.87. The molecule has 0 aliphatic heterocycles. The number of aromatic nitrogens is 5. The summed E-state index contributed by atoms with van der Waals surface area (Å²) in [5.41, 5.74) is 0.788. The van der Waals surface area contributed by atoms with Crippen LogP contribution in [-0.4, -0.2) is 30.8 Å². The molecule has 4 atom stereocenters. The van der Waals surface area contributed by atoms with Gasteiger partial charge in [0.2, 0.25) is 0 Å². The highest BCUT2D eigenvalue weighted by Gasteiger charge is 2.41. The standard InChI is InChI=1S/C19H22N6/c1-12(15-9-13-5-6-14(15)8-13)24-18-16-10-23-25(19(16)22-11-21-18)17-4-2-3-7-20-17/h2-4,7,10-15H,5-6,8-9H2,1H3,(H,21,22,24)/t12-,13-,14-,15+/m0/s1. The maximum Gasteiger partial charge on any atom is 0.170 e. The average Bonchev–Trinajstić information content (AvgIpc) is 3.38. The Labute approximate surface area is 146 Å². The largest absolute Gasteiger partial charge is 0.367 e. The van der Waals surface area contributed by atoms with Gasteiger partial charge in [-0.1, -0.05) is 12.5 Å². The summed E-state index contributed by atoms with van der Waals surface area (Å²) in [6.07, 6.45) is 10.8. The highest BCUT2D eigenvalue weighted by Crippen LogP contribution is 2.49. The van der Waals surface area contributed by atoms with E-state index >= 15 is 0 Å². The number of nitrogens with one attached hydrogen (secondary N) is 1. The van der Waals surface area contributed by atoms with Gasteiger partial charge < -0.3 is 5.32 Å². The van der Waals surface area contributed by atoms with Crippen molar-refractivity contribution in [2.24, 2.45) is 17.8 Å². The average molecular weight is 334 g/mol. The molecule has 6 nitrogen and oxygen atoms in total. The Morgan fingerprint density at radius 3 is 2.88 bits per heavy atom. The second-order valence-corrected chi connectivity index (χ2v) is 7.48. The molecule has 0 radical (unpaired) electrons. The molecule has 6 heteroatoms. The summed E-state index contributed by atoms with van der Waals surface area (Å²) in [6.45, 7) is 2.29. The summed E-state index contributed by atoms with van der Waals surface area (Å²) >= 11 is 0.